The lowest BCUT2D eigenvalue weighted by molar-refractivity contribution is -0.132. The monoisotopic (exact) mass is 503 g/mol. The number of hydrogen-bond donors (Lipinski definition) is 1. The van der Waals surface area contributed by atoms with E-state index in [1.807, 2.05) is 41.8 Å². The molecular formula is C27H25N3O5S. The van der Waals surface area contributed by atoms with E-state index in [-0.39, 0.29) is 18.1 Å². The largest absolute Gasteiger partial charge is 0.507 e. The van der Waals surface area contributed by atoms with Crippen molar-refractivity contribution in [3.05, 3.63) is 76.0 Å². The van der Waals surface area contributed by atoms with Crippen molar-refractivity contribution < 1.29 is 24.2 Å². The van der Waals surface area contributed by atoms with E-state index in [0.717, 1.165) is 36.7 Å². The molecule has 1 unspecified atom stereocenters. The molecule has 4 heterocycles. The molecule has 36 heavy (non-hydrogen) atoms. The topological polar surface area (TPSA) is 82.6 Å². The van der Waals surface area contributed by atoms with Gasteiger partial charge >= 0.3 is 0 Å². The number of ether oxygens (including phenoxy) is 2. The highest BCUT2D eigenvalue weighted by Gasteiger charge is 2.47. The number of aliphatic hydroxyl groups excluding tert-OH is 1. The van der Waals surface area contributed by atoms with Gasteiger partial charge in [0, 0.05) is 48.0 Å². The smallest absolute Gasteiger partial charge is 0.300 e. The molecule has 184 valence electrons. The first-order chi connectivity index (χ1) is 17.5. The molecule has 2 fully saturated rings. The van der Waals surface area contributed by atoms with Crippen LogP contribution in [-0.4, -0.2) is 61.7 Å². The molecule has 2 aromatic carbocycles. The highest BCUT2D eigenvalue weighted by molar-refractivity contribution is 7.10. The Hall–Kier alpha value is -3.82. The fraction of sp³-hybridized carbons (Fsp3) is 0.259. The fourth-order valence-corrected chi connectivity index (χ4v) is 5.73. The van der Waals surface area contributed by atoms with Crippen molar-refractivity contribution in [2.24, 2.45) is 0 Å². The first-order valence-corrected chi connectivity index (χ1v) is 12.7. The van der Waals surface area contributed by atoms with Gasteiger partial charge in [-0.2, -0.15) is 0 Å². The van der Waals surface area contributed by atoms with Crippen LogP contribution in [0.15, 0.2) is 65.6 Å². The molecule has 2 saturated heterocycles. The quantitative estimate of drug-likeness (QED) is 0.329. The molecule has 8 nitrogen and oxygen atoms in total. The number of hydrogen-bond acceptors (Lipinski definition) is 8. The molecule has 9 heteroatoms. The van der Waals surface area contributed by atoms with Crippen LogP contribution >= 0.6 is 11.3 Å². The standard InChI is InChI=1S/C27H25N3O5S/c1-28-10-12-29(13-11-28)18-5-7-19(8-6-18)30-24(22-3-2-14-36-22)23(26(32)27(30)33)25(31)17-4-9-20-21(15-17)35-16-34-20/h2-9,14-15,24,31H,10-13,16H2,1H3/b25-23-. The minimum atomic E-state index is -0.732. The number of nitrogens with zero attached hydrogens (tertiary/aromatic N) is 3. The number of ketones is 1. The van der Waals surface area contributed by atoms with Gasteiger partial charge < -0.3 is 24.4 Å². The van der Waals surface area contributed by atoms with Crippen LogP contribution in [0, 0.1) is 0 Å². The van der Waals surface area contributed by atoms with Gasteiger partial charge in [0.05, 0.1) is 5.57 Å². The summed E-state index contributed by atoms with van der Waals surface area (Å²) in [6, 6.07) is 15.7. The van der Waals surface area contributed by atoms with Crippen LogP contribution in [0.4, 0.5) is 11.4 Å². The van der Waals surface area contributed by atoms with Crippen molar-refractivity contribution in [3.8, 4) is 11.5 Å². The van der Waals surface area contributed by atoms with Crippen LogP contribution < -0.4 is 19.3 Å². The first-order valence-electron chi connectivity index (χ1n) is 11.8. The number of anilines is 2. The fourth-order valence-electron chi connectivity index (χ4n) is 4.90. The van der Waals surface area contributed by atoms with E-state index in [0.29, 0.717) is 22.7 Å². The number of rotatable bonds is 4. The predicted molar refractivity (Wildman–Crippen MR) is 138 cm³/mol. The Kier molecular flexibility index (Phi) is 5.66. The Morgan fingerprint density at radius 3 is 2.39 bits per heavy atom. The molecule has 0 aliphatic carbocycles. The van der Waals surface area contributed by atoms with Gasteiger partial charge in [-0.3, -0.25) is 14.5 Å². The normalized spacial score (nSPS) is 21.4. The Morgan fingerprint density at radius 1 is 0.944 bits per heavy atom. The molecule has 3 aromatic rings. The van der Waals surface area contributed by atoms with E-state index in [1.54, 1.807) is 18.2 Å². The number of carbonyl (C=O) groups is 2. The van der Waals surface area contributed by atoms with Crippen molar-refractivity contribution in [1.29, 1.82) is 0 Å². The second-order valence-corrected chi connectivity index (χ2v) is 10.0. The average Bonchev–Trinajstić information content (AvgIpc) is 3.64. The van der Waals surface area contributed by atoms with Gasteiger partial charge in [-0.1, -0.05) is 6.07 Å². The predicted octanol–water partition coefficient (Wildman–Crippen LogP) is 3.85. The number of Topliss-reactive ketones (excluding diaryl/α,β-unsaturated/α-hetero) is 1. The zero-order valence-corrected chi connectivity index (χ0v) is 20.5. The Balaban J connectivity index is 1.39. The average molecular weight is 504 g/mol. The summed E-state index contributed by atoms with van der Waals surface area (Å²) in [5, 5.41) is 13.2. The maximum atomic E-state index is 13.3. The maximum absolute atomic E-state index is 13.3. The molecule has 0 radical (unpaired) electrons. The Morgan fingerprint density at radius 2 is 1.67 bits per heavy atom. The molecule has 3 aliphatic heterocycles. The van der Waals surface area contributed by atoms with Gasteiger partial charge in [-0.15, -0.1) is 11.3 Å². The summed E-state index contributed by atoms with van der Waals surface area (Å²) in [6.07, 6.45) is 0. The number of thiophene rings is 1. The van der Waals surface area contributed by atoms with Gasteiger partial charge in [0.2, 0.25) is 6.79 Å². The third-order valence-corrected chi connectivity index (χ3v) is 7.82. The summed E-state index contributed by atoms with van der Waals surface area (Å²) in [5.41, 5.74) is 2.14. The van der Waals surface area contributed by atoms with E-state index >= 15 is 0 Å². The minimum Gasteiger partial charge on any atom is -0.507 e. The van der Waals surface area contributed by atoms with Crippen molar-refractivity contribution in [1.82, 2.24) is 4.90 Å². The second kappa shape index (κ2) is 9.00. The van der Waals surface area contributed by atoms with Gasteiger partial charge in [-0.05, 0) is 61.0 Å². The van der Waals surface area contributed by atoms with Crippen molar-refractivity contribution in [2.75, 3.05) is 49.8 Å². The Labute approximate surface area is 212 Å². The van der Waals surface area contributed by atoms with E-state index in [1.165, 1.54) is 16.2 Å². The van der Waals surface area contributed by atoms with Crippen molar-refractivity contribution in [3.63, 3.8) is 0 Å². The lowest BCUT2D eigenvalue weighted by atomic mass is 9.99. The van der Waals surface area contributed by atoms with Gasteiger partial charge in [0.25, 0.3) is 11.7 Å². The number of aliphatic hydroxyl groups is 1. The summed E-state index contributed by atoms with van der Waals surface area (Å²) < 4.78 is 10.8. The zero-order valence-electron chi connectivity index (χ0n) is 19.7. The van der Waals surface area contributed by atoms with E-state index in [4.69, 9.17) is 9.47 Å². The van der Waals surface area contributed by atoms with Gasteiger partial charge in [-0.25, -0.2) is 0 Å². The molecule has 3 aliphatic rings. The Bertz CT molecular complexity index is 1340. The van der Waals surface area contributed by atoms with Gasteiger partial charge in [0.1, 0.15) is 11.8 Å². The zero-order chi connectivity index (χ0) is 24.8. The number of amides is 1. The number of piperazine rings is 1. The number of likely N-dealkylation sites (N-methyl/N-ethyl adjacent to an activating group) is 1. The highest BCUT2D eigenvalue weighted by atomic mass is 32.1. The molecule has 0 spiro atoms. The highest BCUT2D eigenvalue weighted by Crippen LogP contribution is 2.44. The lowest BCUT2D eigenvalue weighted by Crippen LogP contribution is -2.44. The maximum Gasteiger partial charge on any atom is 0.300 e. The lowest BCUT2D eigenvalue weighted by Gasteiger charge is -2.34. The van der Waals surface area contributed by atoms with Crippen LogP contribution in [-0.2, 0) is 9.59 Å². The molecule has 6 rings (SSSR count). The summed E-state index contributed by atoms with van der Waals surface area (Å²) in [6.45, 7) is 3.96. The van der Waals surface area contributed by atoms with Crippen LogP contribution in [0.5, 0.6) is 11.5 Å². The van der Waals surface area contributed by atoms with E-state index < -0.39 is 17.7 Å². The van der Waals surface area contributed by atoms with Crippen LogP contribution in [0.1, 0.15) is 16.5 Å². The number of benzene rings is 2. The minimum absolute atomic E-state index is 0.0597. The summed E-state index contributed by atoms with van der Waals surface area (Å²) in [5.74, 6) is -0.556. The van der Waals surface area contributed by atoms with E-state index in [2.05, 4.69) is 16.8 Å². The van der Waals surface area contributed by atoms with Gasteiger partial charge in [0.15, 0.2) is 11.5 Å². The molecule has 1 aromatic heterocycles. The number of carbonyl (C=O) groups excluding carboxylic acids is 2. The number of fused-ring (bicyclic) bond motifs is 1. The third-order valence-electron chi connectivity index (χ3n) is 6.90. The molecule has 0 saturated carbocycles. The third kappa shape index (κ3) is 3.81. The SMILES string of the molecule is CN1CCN(c2ccc(N3C(=O)C(=O)/C(=C(\O)c4ccc5c(c4)OCO5)C3c3cccs3)cc2)CC1. The summed E-state index contributed by atoms with van der Waals surface area (Å²) in [4.78, 5) is 33.5. The van der Waals surface area contributed by atoms with Crippen LogP contribution in [0.25, 0.3) is 5.76 Å². The molecule has 1 amide bonds. The first kappa shape index (κ1) is 22.6. The van der Waals surface area contributed by atoms with Crippen LogP contribution in [0.3, 0.4) is 0 Å². The summed E-state index contributed by atoms with van der Waals surface area (Å²) in [7, 11) is 2.12. The van der Waals surface area contributed by atoms with E-state index in [9.17, 15) is 14.7 Å². The van der Waals surface area contributed by atoms with Crippen LogP contribution in [0.2, 0.25) is 0 Å². The summed E-state index contributed by atoms with van der Waals surface area (Å²) >= 11 is 1.44. The molecular weight excluding hydrogens is 478 g/mol. The second-order valence-electron chi connectivity index (χ2n) is 9.06. The van der Waals surface area contributed by atoms with Crippen molar-refractivity contribution >= 4 is 40.2 Å². The molecule has 1 N–H and O–H groups in total. The van der Waals surface area contributed by atoms with Crippen molar-refractivity contribution in [2.45, 2.75) is 6.04 Å². The molecule has 0 bridgehead atoms. The molecule has 1 atom stereocenters.